The summed E-state index contributed by atoms with van der Waals surface area (Å²) < 4.78 is 16.6. The van der Waals surface area contributed by atoms with Gasteiger partial charge in [0.05, 0.1) is 23.8 Å². The van der Waals surface area contributed by atoms with Gasteiger partial charge in [-0.2, -0.15) is 0 Å². The standard InChI is InChI=1S/C23H18ClNO5/c1-14-22(15-4-6-16(24)7-5-15)23(27)19-9-8-17(11-20(19)30-14)29-13-21(26)25-12-18-3-2-10-28-18/h2-11H,12-13H2,1H3,(H,25,26). The van der Waals surface area contributed by atoms with Crippen LogP contribution in [0.2, 0.25) is 5.02 Å². The van der Waals surface area contributed by atoms with Gasteiger partial charge in [-0.15, -0.1) is 0 Å². The number of carbonyl (C=O) groups is 1. The molecule has 4 rings (SSSR count). The fraction of sp³-hybridized carbons (Fsp3) is 0.130. The molecule has 152 valence electrons. The molecule has 0 fully saturated rings. The van der Waals surface area contributed by atoms with Crippen molar-refractivity contribution in [2.24, 2.45) is 0 Å². The van der Waals surface area contributed by atoms with Crippen LogP contribution in [0.3, 0.4) is 0 Å². The zero-order chi connectivity index (χ0) is 21.1. The number of hydrogen-bond acceptors (Lipinski definition) is 5. The van der Waals surface area contributed by atoms with E-state index >= 15 is 0 Å². The van der Waals surface area contributed by atoms with Gasteiger partial charge in [0.1, 0.15) is 22.9 Å². The number of rotatable bonds is 6. The Morgan fingerprint density at radius 1 is 1.13 bits per heavy atom. The molecule has 1 amide bonds. The molecular formula is C23H18ClNO5. The van der Waals surface area contributed by atoms with Crippen molar-refractivity contribution >= 4 is 28.5 Å². The maximum absolute atomic E-state index is 13.0. The maximum Gasteiger partial charge on any atom is 0.258 e. The largest absolute Gasteiger partial charge is 0.484 e. The molecule has 2 heterocycles. The van der Waals surface area contributed by atoms with Crippen LogP contribution in [0.5, 0.6) is 5.75 Å². The third-order valence-electron chi connectivity index (χ3n) is 4.58. The second kappa shape index (κ2) is 8.47. The van der Waals surface area contributed by atoms with Crippen LogP contribution in [-0.2, 0) is 11.3 Å². The minimum absolute atomic E-state index is 0.140. The smallest absolute Gasteiger partial charge is 0.258 e. The third-order valence-corrected chi connectivity index (χ3v) is 4.83. The van der Waals surface area contributed by atoms with E-state index in [4.69, 9.17) is 25.2 Å². The molecule has 0 bridgehead atoms. The molecule has 4 aromatic rings. The lowest BCUT2D eigenvalue weighted by molar-refractivity contribution is -0.123. The van der Waals surface area contributed by atoms with Crippen molar-refractivity contribution in [2.45, 2.75) is 13.5 Å². The lowest BCUT2D eigenvalue weighted by Gasteiger charge is -2.10. The molecule has 0 saturated carbocycles. The molecule has 0 unspecified atom stereocenters. The van der Waals surface area contributed by atoms with E-state index in [-0.39, 0.29) is 24.5 Å². The van der Waals surface area contributed by atoms with Gasteiger partial charge in [0, 0.05) is 11.1 Å². The maximum atomic E-state index is 13.0. The molecule has 7 heteroatoms. The molecule has 0 aliphatic rings. The summed E-state index contributed by atoms with van der Waals surface area (Å²) in [6, 6.07) is 15.4. The normalized spacial score (nSPS) is 10.9. The Kier molecular flexibility index (Phi) is 5.59. The van der Waals surface area contributed by atoms with Crippen molar-refractivity contribution in [3.8, 4) is 16.9 Å². The van der Waals surface area contributed by atoms with E-state index in [0.29, 0.717) is 38.8 Å². The molecule has 1 N–H and O–H groups in total. The van der Waals surface area contributed by atoms with Gasteiger partial charge in [0.2, 0.25) is 5.43 Å². The number of hydrogen-bond donors (Lipinski definition) is 1. The predicted octanol–water partition coefficient (Wildman–Crippen LogP) is 4.71. The fourth-order valence-corrected chi connectivity index (χ4v) is 3.25. The molecule has 0 spiro atoms. The molecule has 30 heavy (non-hydrogen) atoms. The SMILES string of the molecule is Cc1oc2cc(OCC(=O)NCc3ccco3)ccc2c(=O)c1-c1ccc(Cl)cc1. The zero-order valence-corrected chi connectivity index (χ0v) is 16.9. The van der Waals surface area contributed by atoms with Gasteiger partial charge in [-0.25, -0.2) is 0 Å². The van der Waals surface area contributed by atoms with Crippen LogP contribution in [-0.4, -0.2) is 12.5 Å². The van der Waals surface area contributed by atoms with Crippen LogP contribution in [0, 0.1) is 6.92 Å². The van der Waals surface area contributed by atoms with Gasteiger partial charge in [-0.1, -0.05) is 23.7 Å². The molecule has 0 radical (unpaired) electrons. The minimum atomic E-state index is -0.290. The molecule has 0 saturated heterocycles. The topological polar surface area (TPSA) is 81.7 Å². The highest BCUT2D eigenvalue weighted by Gasteiger charge is 2.14. The number of halogens is 1. The first kappa shape index (κ1) is 19.8. The Balaban J connectivity index is 1.51. The summed E-state index contributed by atoms with van der Waals surface area (Å²) in [4.78, 5) is 25.0. The summed E-state index contributed by atoms with van der Waals surface area (Å²) in [6.07, 6.45) is 1.54. The van der Waals surface area contributed by atoms with E-state index in [9.17, 15) is 9.59 Å². The van der Waals surface area contributed by atoms with Crippen molar-refractivity contribution in [2.75, 3.05) is 6.61 Å². The lowest BCUT2D eigenvalue weighted by atomic mass is 10.0. The van der Waals surface area contributed by atoms with Gasteiger partial charge >= 0.3 is 0 Å². The van der Waals surface area contributed by atoms with E-state index < -0.39 is 0 Å². The highest BCUT2D eigenvalue weighted by Crippen LogP contribution is 2.27. The van der Waals surface area contributed by atoms with E-state index in [0.717, 1.165) is 5.56 Å². The van der Waals surface area contributed by atoms with Gasteiger partial charge in [0.15, 0.2) is 6.61 Å². The van der Waals surface area contributed by atoms with Crippen molar-refractivity contribution in [1.29, 1.82) is 0 Å². The Hall–Kier alpha value is -3.51. The summed E-state index contributed by atoms with van der Waals surface area (Å²) in [5.41, 5.74) is 1.48. The first-order chi connectivity index (χ1) is 14.5. The Morgan fingerprint density at radius 2 is 1.93 bits per heavy atom. The third kappa shape index (κ3) is 4.23. The van der Waals surface area contributed by atoms with Crippen LogP contribution in [0.15, 0.2) is 74.5 Å². The summed E-state index contributed by atoms with van der Waals surface area (Å²) in [7, 11) is 0. The van der Waals surface area contributed by atoms with Crippen LogP contribution >= 0.6 is 11.6 Å². The van der Waals surface area contributed by atoms with Gasteiger partial charge < -0.3 is 18.9 Å². The van der Waals surface area contributed by atoms with Crippen molar-refractivity contribution in [1.82, 2.24) is 5.32 Å². The number of amides is 1. The number of nitrogens with one attached hydrogen (secondary N) is 1. The summed E-state index contributed by atoms with van der Waals surface area (Å²) in [5, 5.41) is 3.72. The molecule has 6 nitrogen and oxygen atoms in total. The number of aryl methyl sites for hydroxylation is 1. The van der Waals surface area contributed by atoms with Crippen LogP contribution in [0.1, 0.15) is 11.5 Å². The van der Waals surface area contributed by atoms with Crippen LogP contribution in [0.4, 0.5) is 0 Å². The fourth-order valence-electron chi connectivity index (χ4n) is 3.12. The second-order valence-corrected chi connectivity index (χ2v) is 7.11. The first-order valence-electron chi connectivity index (χ1n) is 9.26. The second-order valence-electron chi connectivity index (χ2n) is 6.67. The van der Waals surface area contributed by atoms with E-state index in [1.54, 1.807) is 67.8 Å². The zero-order valence-electron chi connectivity index (χ0n) is 16.1. The Labute approximate surface area is 177 Å². The minimum Gasteiger partial charge on any atom is -0.484 e. The van der Waals surface area contributed by atoms with Crippen molar-refractivity contribution in [3.05, 3.63) is 87.6 Å². The van der Waals surface area contributed by atoms with Gasteiger partial charge in [-0.05, 0) is 48.9 Å². The molecular weight excluding hydrogens is 406 g/mol. The van der Waals surface area contributed by atoms with Crippen molar-refractivity contribution in [3.63, 3.8) is 0 Å². The summed E-state index contributed by atoms with van der Waals surface area (Å²) >= 11 is 5.94. The van der Waals surface area contributed by atoms with Gasteiger partial charge in [0.25, 0.3) is 5.91 Å². The van der Waals surface area contributed by atoms with Crippen LogP contribution in [0.25, 0.3) is 22.1 Å². The molecule has 0 aliphatic heterocycles. The number of fused-ring (bicyclic) bond motifs is 1. The van der Waals surface area contributed by atoms with Crippen molar-refractivity contribution < 1.29 is 18.4 Å². The number of benzene rings is 2. The van der Waals surface area contributed by atoms with Crippen LogP contribution < -0.4 is 15.5 Å². The lowest BCUT2D eigenvalue weighted by Crippen LogP contribution is -2.28. The first-order valence-corrected chi connectivity index (χ1v) is 9.64. The molecule has 0 atom stereocenters. The Bertz CT molecular complexity index is 1240. The number of furan rings is 1. The average Bonchev–Trinajstić information content (AvgIpc) is 3.25. The van der Waals surface area contributed by atoms with E-state index in [1.807, 2.05) is 0 Å². The highest BCUT2D eigenvalue weighted by molar-refractivity contribution is 6.30. The van der Waals surface area contributed by atoms with E-state index in [1.165, 1.54) is 0 Å². The molecule has 0 aliphatic carbocycles. The Morgan fingerprint density at radius 3 is 2.67 bits per heavy atom. The quantitative estimate of drug-likeness (QED) is 0.485. The average molecular weight is 424 g/mol. The summed E-state index contributed by atoms with van der Waals surface area (Å²) in [5.74, 6) is 1.28. The van der Waals surface area contributed by atoms with E-state index in [2.05, 4.69) is 5.32 Å². The van der Waals surface area contributed by atoms with Gasteiger partial charge in [-0.3, -0.25) is 9.59 Å². The number of carbonyl (C=O) groups excluding carboxylic acids is 1. The molecule has 2 aromatic heterocycles. The molecule has 2 aromatic carbocycles. The number of ether oxygens (including phenoxy) is 1. The highest BCUT2D eigenvalue weighted by atomic mass is 35.5. The monoisotopic (exact) mass is 423 g/mol. The predicted molar refractivity (Wildman–Crippen MR) is 114 cm³/mol. The summed E-state index contributed by atoms with van der Waals surface area (Å²) in [6.45, 7) is 1.85.